The van der Waals surface area contributed by atoms with Crippen LogP contribution >= 0.6 is 0 Å². The first-order valence-electron chi connectivity index (χ1n) is 8.39. The molecule has 0 amide bonds. The Labute approximate surface area is 142 Å². The number of aryl methyl sites for hydroxylation is 1. The Morgan fingerprint density at radius 1 is 1.33 bits per heavy atom. The third kappa shape index (κ3) is 3.70. The van der Waals surface area contributed by atoms with Crippen LogP contribution in [0.1, 0.15) is 37.4 Å². The minimum Gasteiger partial charge on any atom is -0.484 e. The van der Waals surface area contributed by atoms with Crippen molar-refractivity contribution in [3.63, 3.8) is 0 Å². The van der Waals surface area contributed by atoms with E-state index in [2.05, 4.69) is 29.8 Å². The van der Waals surface area contributed by atoms with E-state index in [1.807, 2.05) is 31.2 Å². The maximum absolute atomic E-state index is 9.38. The maximum atomic E-state index is 9.38. The van der Waals surface area contributed by atoms with Crippen molar-refractivity contribution in [1.29, 1.82) is 5.26 Å². The number of oxazole rings is 1. The molecule has 0 unspecified atom stereocenters. The number of nitrogens with zero attached hydrogens (tertiary/aromatic N) is 3. The van der Waals surface area contributed by atoms with Crippen molar-refractivity contribution in [3.8, 4) is 11.8 Å². The molecule has 2 heterocycles. The number of piperidine rings is 1. The summed E-state index contributed by atoms with van der Waals surface area (Å²) in [5.74, 6) is 2.95. The van der Waals surface area contributed by atoms with Crippen molar-refractivity contribution in [2.24, 2.45) is 11.8 Å². The zero-order valence-electron chi connectivity index (χ0n) is 14.5. The van der Waals surface area contributed by atoms with E-state index in [1.165, 1.54) is 6.42 Å². The molecule has 2 aromatic rings. The van der Waals surface area contributed by atoms with Crippen LogP contribution in [0.2, 0.25) is 0 Å². The van der Waals surface area contributed by atoms with Gasteiger partial charge in [-0.25, -0.2) is 0 Å². The second-order valence-electron chi connectivity index (χ2n) is 6.83. The minimum absolute atomic E-state index is 0.219. The monoisotopic (exact) mass is 325 g/mol. The molecule has 1 aromatic carbocycles. The quantitative estimate of drug-likeness (QED) is 0.852. The second-order valence-corrected chi connectivity index (χ2v) is 6.83. The molecule has 0 radical (unpaired) electrons. The van der Waals surface area contributed by atoms with Crippen LogP contribution in [0.25, 0.3) is 0 Å². The number of anilines is 1. The molecule has 1 saturated heterocycles. The fourth-order valence-electron chi connectivity index (χ4n) is 3.38. The Hall–Kier alpha value is -2.48. The van der Waals surface area contributed by atoms with Crippen LogP contribution in [0.5, 0.6) is 5.75 Å². The predicted molar refractivity (Wildman–Crippen MR) is 91.9 cm³/mol. The lowest BCUT2D eigenvalue weighted by atomic mass is 9.92. The highest BCUT2D eigenvalue weighted by Crippen LogP contribution is 2.29. The zero-order chi connectivity index (χ0) is 17.1. The molecule has 3 rings (SSSR count). The van der Waals surface area contributed by atoms with Crippen LogP contribution in [0.15, 0.2) is 28.7 Å². The molecule has 0 aliphatic carbocycles. The van der Waals surface area contributed by atoms with Crippen LogP contribution in [-0.4, -0.2) is 18.1 Å². The van der Waals surface area contributed by atoms with Crippen LogP contribution in [0.3, 0.4) is 0 Å². The van der Waals surface area contributed by atoms with E-state index in [1.54, 1.807) is 0 Å². The first-order valence-corrected chi connectivity index (χ1v) is 8.39. The summed E-state index contributed by atoms with van der Waals surface area (Å²) in [6.07, 6.45) is 1.20. The molecule has 1 aliphatic heterocycles. The summed E-state index contributed by atoms with van der Waals surface area (Å²) in [5.41, 5.74) is 1.48. The van der Waals surface area contributed by atoms with E-state index in [-0.39, 0.29) is 6.61 Å². The normalized spacial score (nSPS) is 20.7. The smallest absolute Gasteiger partial charge is 0.236 e. The first-order chi connectivity index (χ1) is 11.5. The molecule has 5 nitrogen and oxygen atoms in total. The molecule has 0 saturated carbocycles. The van der Waals surface area contributed by atoms with E-state index in [0.29, 0.717) is 29.3 Å². The van der Waals surface area contributed by atoms with E-state index < -0.39 is 0 Å². The molecule has 126 valence electrons. The number of hydrogen-bond acceptors (Lipinski definition) is 5. The summed E-state index contributed by atoms with van der Waals surface area (Å²) in [4.78, 5) is 6.44. The summed E-state index contributed by atoms with van der Waals surface area (Å²) in [5, 5.41) is 9.38. The lowest BCUT2D eigenvalue weighted by Gasteiger charge is -2.34. The van der Waals surface area contributed by atoms with Gasteiger partial charge < -0.3 is 14.1 Å². The summed E-state index contributed by atoms with van der Waals surface area (Å²) >= 11 is 0. The summed E-state index contributed by atoms with van der Waals surface area (Å²) in [6.45, 7) is 8.48. The highest BCUT2D eigenvalue weighted by Gasteiger charge is 2.27. The fraction of sp³-hybridized carbons (Fsp3) is 0.474. The van der Waals surface area contributed by atoms with Gasteiger partial charge in [-0.2, -0.15) is 10.2 Å². The van der Waals surface area contributed by atoms with Crippen LogP contribution in [0.4, 0.5) is 5.88 Å². The number of nitriles is 1. The van der Waals surface area contributed by atoms with Crippen molar-refractivity contribution < 1.29 is 9.15 Å². The molecule has 5 heteroatoms. The van der Waals surface area contributed by atoms with Crippen molar-refractivity contribution in [1.82, 2.24) is 4.98 Å². The molecule has 0 spiro atoms. The fourth-order valence-corrected chi connectivity index (χ4v) is 3.38. The Kier molecular flexibility index (Phi) is 4.75. The SMILES string of the molecule is Cc1cccc(OCc2nc(C#N)c(N3C[C@@H](C)C[C@H](C)C3)o2)c1. The minimum atomic E-state index is 0.219. The van der Waals surface area contributed by atoms with Gasteiger partial charge in [0.1, 0.15) is 11.8 Å². The molecular formula is C19H23N3O2. The van der Waals surface area contributed by atoms with Gasteiger partial charge in [-0.3, -0.25) is 0 Å². The van der Waals surface area contributed by atoms with Crippen molar-refractivity contribution in [3.05, 3.63) is 41.4 Å². The van der Waals surface area contributed by atoms with Gasteiger partial charge in [0.2, 0.25) is 17.5 Å². The topological polar surface area (TPSA) is 62.3 Å². The summed E-state index contributed by atoms with van der Waals surface area (Å²) in [6, 6.07) is 9.97. The van der Waals surface area contributed by atoms with Gasteiger partial charge in [-0.15, -0.1) is 0 Å². The molecule has 0 bridgehead atoms. The van der Waals surface area contributed by atoms with Crippen LogP contribution in [-0.2, 0) is 6.61 Å². The maximum Gasteiger partial charge on any atom is 0.236 e. The molecule has 1 aliphatic rings. The number of aromatic nitrogens is 1. The van der Waals surface area contributed by atoms with Gasteiger partial charge >= 0.3 is 0 Å². The van der Waals surface area contributed by atoms with E-state index in [4.69, 9.17) is 9.15 Å². The average Bonchev–Trinajstić information content (AvgIpc) is 2.95. The standard InChI is InChI=1S/C19H23N3O2/c1-13-5-4-6-16(8-13)23-12-18-21-17(9-20)19(24-18)22-10-14(2)7-15(3)11-22/h4-6,8,14-15H,7,10-12H2,1-3H3/t14-,15-/m0/s1. The summed E-state index contributed by atoms with van der Waals surface area (Å²) in [7, 11) is 0. The van der Waals surface area contributed by atoms with Gasteiger partial charge in [0.05, 0.1) is 0 Å². The zero-order valence-corrected chi connectivity index (χ0v) is 14.5. The Morgan fingerprint density at radius 3 is 2.75 bits per heavy atom. The van der Waals surface area contributed by atoms with Crippen molar-refractivity contribution >= 4 is 5.88 Å². The molecule has 2 atom stereocenters. The van der Waals surface area contributed by atoms with Crippen LogP contribution < -0.4 is 9.64 Å². The Bertz CT molecular complexity index is 737. The third-order valence-electron chi connectivity index (χ3n) is 4.27. The molecule has 1 fully saturated rings. The Morgan fingerprint density at radius 2 is 2.08 bits per heavy atom. The van der Waals surface area contributed by atoms with Gasteiger partial charge in [0.25, 0.3) is 0 Å². The van der Waals surface area contributed by atoms with Gasteiger partial charge in [0.15, 0.2) is 6.61 Å². The lowest BCUT2D eigenvalue weighted by molar-refractivity contribution is 0.260. The lowest BCUT2D eigenvalue weighted by Crippen LogP contribution is -2.38. The highest BCUT2D eigenvalue weighted by molar-refractivity contribution is 5.48. The van der Waals surface area contributed by atoms with Crippen molar-refractivity contribution in [2.75, 3.05) is 18.0 Å². The molecular weight excluding hydrogens is 302 g/mol. The van der Waals surface area contributed by atoms with Gasteiger partial charge in [0, 0.05) is 13.1 Å². The van der Waals surface area contributed by atoms with E-state index in [0.717, 1.165) is 24.4 Å². The Balaban J connectivity index is 1.74. The van der Waals surface area contributed by atoms with E-state index in [9.17, 15) is 5.26 Å². The number of hydrogen-bond donors (Lipinski definition) is 0. The number of benzene rings is 1. The predicted octanol–water partition coefficient (Wildman–Crippen LogP) is 3.92. The molecule has 24 heavy (non-hydrogen) atoms. The van der Waals surface area contributed by atoms with Crippen molar-refractivity contribution in [2.45, 2.75) is 33.8 Å². The van der Waals surface area contributed by atoms with Gasteiger partial charge in [-0.05, 0) is 42.9 Å². The highest BCUT2D eigenvalue weighted by atomic mass is 16.5. The summed E-state index contributed by atoms with van der Waals surface area (Å²) < 4.78 is 11.6. The largest absolute Gasteiger partial charge is 0.484 e. The molecule has 1 aromatic heterocycles. The third-order valence-corrected chi connectivity index (χ3v) is 4.27. The van der Waals surface area contributed by atoms with Crippen LogP contribution in [0, 0.1) is 30.1 Å². The van der Waals surface area contributed by atoms with E-state index >= 15 is 0 Å². The first kappa shape index (κ1) is 16.4. The molecule has 0 N–H and O–H groups in total. The number of rotatable bonds is 4. The van der Waals surface area contributed by atoms with Gasteiger partial charge in [-0.1, -0.05) is 26.0 Å². The second kappa shape index (κ2) is 6.96. The number of ether oxygens (including phenoxy) is 1. The average molecular weight is 325 g/mol.